The van der Waals surface area contributed by atoms with Crippen molar-refractivity contribution in [2.75, 3.05) is 0 Å². The maximum atomic E-state index is 3.93. The van der Waals surface area contributed by atoms with E-state index in [1.807, 2.05) is 5.82 Å². The lowest BCUT2D eigenvalue weighted by Gasteiger charge is -2.13. The average Bonchev–Trinajstić information content (AvgIpc) is 2.76. The lowest BCUT2D eigenvalue weighted by molar-refractivity contribution is 1.44. The molecular formula is C26H25PS. The molecule has 2 aromatic carbocycles. The highest BCUT2D eigenvalue weighted by Crippen LogP contribution is 2.35. The largest absolute Gasteiger partial charge is 0.106 e. The number of allylic oxidation sites excluding steroid dienone is 6. The van der Waals surface area contributed by atoms with Gasteiger partial charge in [0, 0.05) is 0 Å². The monoisotopic (exact) mass is 400 g/mol. The normalized spacial score (nSPS) is 21.0. The highest BCUT2D eigenvalue weighted by molar-refractivity contribution is 8.04. The molecule has 0 nitrogen and oxygen atoms in total. The topological polar surface area (TPSA) is 0 Å². The van der Waals surface area contributed by atoms with Gasteiger partial charge in [-0.05, 0) is 70.0 Å². The molecule has 0 amide bonds. The Balaban J connectivity index is 2.20. The van der Waals surface area contributed by atoms with Gasteiger partial charge in [-0.2, -0.15) is 0 Å². The van der Waals surface area contributed by atoms with Gasteiger partial charge in [-0.25, -0.2) is 0 Å². The summed E-state index contributed by atoms with van der Waals surface area (Å²) in [6.07, 6.45) is 11.0. The van der Waals surface area contributed by atoms with Crippen LogP contribution < -0.4 is 0 Å². The number of aryl methyl sites for hydroxylation is 1. The second-order valence-corrected chi connectivity index (χ2v) is 8.50. The molecule has 2 aromatic rings. The van der Waals surface area contributed by atoms with Crippen molar-refractivity contribution in [2.45, 2.75) is 13.8 Å². The van der Waals surface area contributed by atoms with E-state index >= 15 is 0 Å². The number of hydrogen-bond acceptors (Lipinski definition) is 1. The first-order valence-corrected chi connectivity index (χ1v) is 11.4. The minimum Gasteiger partial charge on any atom is -0.106 e. The fourth-order valence-electron chi connectivity index (χ4n) is 3.11. The van der Waals surface area contributed by atoms with Gasteiger partial charge in [0.05, 0.1) is 0 Å². The summed E-state index contributed by atoms with van der Waals surface area (Å²) in [5, 5.41) is 5.58. The molecule has 0 spiro atoms. The van der Waals surface area contributed by atoms with Crippen LogP contribution in [0.5, 0.6) is 0 Å². The molecule has 2 heteroatoms. The fraction of sp³-hybridized carbons (Fsp3) is 0.0769. The number of thioether (sulfide) groups is 1. The lowest BCUT2D eigenvalue weighted by atomic mass is 9.92. The molecule has 1 aliphatic rings. The van der Waals surface area contributed by atoms with E-state index in [0.717, 1.165) is 0 Å². The van der Waals surface area contributed by atoms with Crippen molar-refractivity contribution in [3.63, 3.8) is 0 Å². The Morgan fingerprint density at radius 1 is 1.04 bits per heavy atom. The quantitative estimate of drug-likeness (QED) is 0.465. The highest BCUT2D eigenvalue weighted by Gasteiger charge is 2.10. The van der Waals surface area contributed by atoms with E-state index in [-0.39, 0.29) is 0 Å². The number of benzene rings is 2. The van der Waals surface area contributed by atoms with Crippen molar-refractivity contribution in [1.82, 2.24) is 0 Å². The first-order chi connectivity index (χ1) is 13.7. The van der Waals surface area contributed by atoms with E-state index < -0.39 is 0 Å². The summed E-state index contributed by atoms with van der Waals surface area (Å²) in [6, 6.07) is 17.4. The van der Waals surface area contributed by atoms with Crippen molar-refractivity contribution in [3.05, 3.63) is 129 Å². The molecule has 0 bridgehead atoms. The van der Waals surface area contributed by atoms with Gasteiger partial charge in [0.1, 0.15) is 0 Å². The molecule has 1 heterocycles. The molecule has 0 radical (unpaired) electrons. The van der Waals surface area contributed by atoms with Crippen LogP contribution in [0.25, 0.3) is 11.6 Å². The summed E-state index contributed by atoms with van der Waals surface area (Å²) < 4.78 is 0. The van der Waals surface area contributed by atoms with E-state index in [0.29, 0.717) is 8.58 Å². The Bertz CT molecular complexity index is 985. The van der Waals surface area contributed by atoms with Gasteiger partial charge in [-0.3, -0.25) is 0 Å². The van der Waals surface area contributed by atoms with Crippen molar-refractivity contribution in [1.29, 1.82) is 0 Å². The summed E-state index contributed by atoms with van der Waals surface area (Å²) in [5.74, 6) is 1.99. The first-order valence-electron chi connectivity index (χ1n) is 9.34. The van der Waals surface area contributed by atoms with Gasteiger partial charge in [0.15, 0.2) is 0 Å². The zero-order valence-electron chi connectivity index (χ0n) is 16.4. The van der Waals surface area contributed by atoms with Gasteiger partial charge >= 0.3 is 0 Å². The van der Waals surface area contributed by atoms with Crippen LogP contribution in [-0.4, -0.2) is 0 Å². The van der Waals surface area contributed by atoms with Gasteiger partial charge in [-0.1, -0.05) is 93.3 Å². The minimum atomic E-state index is 0.592. The molecule has 0 saturated carbocycles. The molecule has 0 aliphatic carbocycles. The third kappa shape index (κ3) is 5.13. The van der Waals surface area contributed by atoms with Crippen LogP contribution in [0.1, 0.15) is 29.2 Å². The van der Waals surface area contributed by atoms with Crippen molar-refractivity contribution < 1.29 is 0 Å². The van der Waals surface area contributed by atoms with E-state index in [9.17, 15) is 0 Å². The van der Waals surface area contributed by atoms with Crippen molar-refractivity contribution in [3.8, 4) is 0 Å². The molecule has 28 heavy (non-hydrogen) atoms. The SMILES string of the molecule is C=CPC(=C\C)/C1=C/c2ccccc2/C(c2ccc(C)cc2)=C/C=C/S/C=C\1. The van der Waals surface area contributed by atoms with Crippen LogP contribution in [0.15, 0.2) is 107 Å². The number of fused-ring (bicyclic) bond motifs is 1. The van der Waals surface area contributed by atoms with Gasteiger partial charge < -0.3 is 0 Å². The first kappa shape index (κ1) is 20.4. The highest BCUT2D eigenvalue weighted by atomic mass is 32.2. The molecule has 140 valence electrons. The molecule has 1 unspecified atom stereocenters. The molecule has 0 fully saturated rings. The molecule has 0 N–H and O–H groups in total. The molecule has 3 rings (SSSR count). The number of rotatable bonds is 4. The van der Waals surface area contributed by atoms with E-state index in [2.05, 4.69) is 110 Å². The Kier molecular flexibility index (Phi) is 7.48. The average molecular weight is 401 g/mol. The van der Waals surface area contributed by atoms with Crippen LogP contribution in [0.3, 0.4) is 0 Å². The maximum Gasteiger partial charge on any atom is -0.0105 e. The number of hydrogen-bond donors (Lipinski definition) is 0. The van der Waals surface area contributed by atoms with Crippen molar-refractivity contribution >= 4 is 32.0 Å². The summed E-state index contributed by atoms with van der Waals surface area (Å²) in [7, 11) is 0.592. The van der Waals surface area contributed by atoms with Crippen LogP contribution in [0.2, 0.25) is 0 Å². The van der Waals surface area contributed by atoms with Crippen LogP contribution in [0.4, 0.5) is 0 Å². The summed E-state index contributed by atoms with van der Waals surface area (Å²) >= 11 is 1.69. The summed E-state index contributed by atoms with van der Waals surface area (Å²) in [5.41, 5.74) is 7.44. The second kappa shape index (κ2) is 10.3. The smallest absolute Gasteiger partial charge is 0.0105 e. The predicted octanol–water partition coefficient (Wildman–Crippen LogP) is 8.31. The fourth-order valence-corrected chi connectivity index (χ4v) is 4.30. The van der Waals surface area contributed by atoms with Crippen molar-refractivity contribution in [2.24, 2.45) is 0 Å². The van der Waals surface area contributed by atoms with E-state index in [1.165, 1.54) is 38.7 Å². The van der Waals surface area contributed by atoms with E-state index in [1.54, 1.807) is 11.8 Å². The Morgan fingerprint density at radius 2 is 1.82 bits per heavy atom. The van der Waals surface area contributed by atoms with Crippen LogP contribution in [0, 0.1) is 6.92 Å². The Labute approximate surface area is 174 Å². The van der Waals surface area contributed by atoms with Gasteiger partial charge in [0.2, 0.25) is 0 Å². The zero-order chi connectivity index (χ0) is 19.8. The Hall–Kier alpha value is -2.34. The summed E-state index contributed by atoms with van der Waals surface area (Å²) in [4.78, 5) is 0. The maximum absolute atomic E-state index is 3.93. The predicted molar refractivity (Wildman–Crippen MR) is 131 cm³/mol. The minimum absolute atomic E-state index is 0.592. The van der Waals surface area contributed by atoms with E-state index in [4.69, 9.17) is 0 Å². The van der Waals surface area contributed by atoms with Crippen LogP contribution in [-0.2, 0) is 0 Å². The zero-order valence-corrected chi connectivity index (χ0v) is 18.2. The molecule has 1 atom stereocenters. The molecule has 0 aromatic heterocycles. The molecule has 1 aliphatic heterocycles. The summed E-state index contributed by atoms with van der Waals surface area (Å²) in [6.45, 7) is 8.16. The molecule has 0 saturated heterocycles. The molecular weight excluding hydrogens is 375 g/mol. The lowest BCUT2D eigenvalue weighted by Crippen LogP contribution is -1.93. The van der Waals surface area contributed by atoms with Gasteiger partial charge in [-0.15, -0.1) is 11.8 Å². The third-order valence-corrected chi connectivity index (χ3v) is 6.23. The Morgan fingerprint density at radius 3 is 2.57 bits per heavy atom. The van der Waals surface area contributed by atoms with Crippen LogP contribution >= 0.6 is 20.3 Å². The standard InChI is InChI=1S/C26H25PS/c1-4-26(27-5-2)23-16-18-28-17-8-11-24(21-14-12-20(3)13-15-21)25-10-7-6-9-22(25)19-23/h4-19,27H,2H2,1,3H3/b17-8+,18-16-,23-19+,24-11+,26-4-. The van der Waals surface area contributed by atoms with Gasteiger partial charge in [0.25, 0.3) is 0 Å². The second-order valence-electron chi connectivity index (χ2n) is 6.45. The third-order valence-electron chi connectivity index (χ3n) is 4.53.